The molecule has 0 aliphatic heterocycles. The molecule has 2 aromatic rings. The van der Waals surface area contributed by atoms with E-state index in [-0.39, 0.29) is 30.9 Å². The molecular weight excluding hydrogens is 328 g/mol. The van der Waals surface area contributed by atoms with Crippen LogP contribution in [0, 0.1) is 10.1 Å². The third-order valence-electron chi connectivity index (χ3n) is 3.50. The number of hydrogen-bond donors (Lipinski definition) is 1. The van der Waals surface area contributed by atoms with Crippen molar-refractivity contribution in [1.29, 1.82) is 0 Å². The molecular formula is C17H18N2O4S. The van der Waals surface area contributed by atoms with Gasteiger partial charge in [-0.3, -0.25) is 14.9 Å². The smallest absolute Gasteiger partial charge is 0.282 e. The summed E-state index contributed by atoms with van der Waals surface area (Å²) >= 11 is 1.41. The number of aliphatic hydroxyl groups excluding tert-OH is 1. The summed E-state index contributed by atoms with van der Waals surface area (Å²) < 4.78 is 0. The number of thioether (sulfide) groups is 1. The standard InChI is InChI=1S/C17H18N2O4S/c1-24-14-7-8-16(19(22)23)15(11-14)17(21)18(9-10-20)12-13-5-3-2-4-6-13/h2-8,11,20H,9-10,12H2,1H3. The van der Waals surface area contributed by atoms with E-state index in [4.69, 9.17) is 0 Å². The lowest BCUT2D eigenvalue weighted by Gasteiger charge is -2.22. The number of nitrogens with zero attached hydrogens (tertiary/aromatic N) is 2. The van der Waals surface area contributed by atoms with E-state index in [0.29, 0.717) is 0 Å². The Balaban J connectivity index is 2.37. The summed E-state index contributed by atoms with van der Waals surface area (Å²) in [7, 11) is 0. The van der Waals surface area contributed by atoms with Gasteiger partial charge >= 0.3 is 0 Å². The van der Waals surface area contributed by atoms with Crippen molar-refractivity contribution < 1.29 is 14.8 Å². The first-order valence-electron chi connectivity index (χ1n) is 7.33. The van der Waals surface area contributed by atoms with Crippen molar-refractivity contribution in [3.05, 3.63) is 69.8 Å². The molecule has 6 nitrogen and oxygen atoms in total. The minimum atomic E-state index is -0.559. The highest BCUT2D eigenvalue weighted by Crippen LogP contribution is 2.26. The minimum absolute atomic E-state index is 0.0382. The number of aliphatic hydroxyl groups is 1. The Morgan fingerprint density at radius 3 is 2.54 bits per heavy atom. The van der Waals surface area contributed by atoms with Gasteiger partial charge in [-0.1, -0.05) is 30.3 Å². The van der Waals surface area contributed by atoms with Gasteiger partial charge in [0.05, 0.1) is 11.5 Å². The van der Waals surface area contributed by atoms with Crippen LogP contribution in [0.4, 0.5) is 5.69 Å². The zero-order valence-electron chi connectivity index (χ0n) is 13.2. The number of carbonyl (C=O) groups is 1. The molecule has 0 aliphatic rings. The molecule has 0 spiro atoms. The topological polar surface area (TPSA) is 83.7 Å². The molecule has 0 saturated carbocycles. The van der Waals surface area contributed by atoms with Gasteiger partial charge in [0.15, 0.2) is 0 Å². The number of hydrogen-bond acceptors (Lipinski definition) is 5. The van der Waals surface area contributed by atoms with Crippen LogP contribution < -0.4 is 0 Å². The van der Waals surface area contributed by atoms with Crippen molar-refractivity contribution >= 4 is 23.4 Å². The van der Waals surface area contributed by atoms with E-state index in [1.165, 1.54) is 28.8 Å². The third-order valence-corrected chi connectivity index (χ3v) is 4.23. The van der Waals surface area contributed by atoms with E-state index in [1.54, 1.807) is 6.07 Å². The van der Waals surface area contributed by atoms with Gasteiger partial charge in [0.25, 0.3) is 11.6 Å². The van der Waals surface area contributed by atoms with Crippen molar-refractivity contribution in [2.45, 2.75) is 11.4 Å². The summed E-state index contributed by atoms with van der Waals surface area (Å²) in [5, 5.41) is 20.5. The maximum Gasteiger partial charge on any atom is 0.282 e. The van der Waals surface area contributed by atoms with Crippen LogP contribution in [0.15, 0.2) is 53.4 Å². The van der Waals surface area contributed by atoms with Gasteiger partial charge in [-0.15, -0.1) is 11.8 Å². The first kappa shape index (κ1) is 18.0. The molecule has 126 valence electrons. The first-order valence-corrected chi connectivity index (χ1v) is 8.55. The van der Waals surface area contributed by atoms with E-state index < -0.39 is 10.8 Å². The van der Waals surface area contributed by atoms with E-state index in [2.05, 4.69) is 0 Å². The van der Waals surface area contributed by atoms with Crippen LogP contribution >= 0.6 is 11.8 Å². The second-order valence-electron chi connectivity index (χ2n) is 5.08. The molecule has 2 aromatic carbocycles. The summed E-state index contributed by atoms with van der Waals surface area (Å²) in [6.45, 7) is 0.170. The number of benzene rings is 2. The Bertz CT molecular complexity index is 722. The van der Waals surface area contributed by atoms with Crippen LogP contribution in [0.5, 0.6) is 0 Å². The van der Waals surface area contributed by atoms with Gasteiger partial charge in [-0.2, -0.15) is 0 Å². The largest absolute Gasteiger partial charge is 0.395 e. The fraction of sp³-hybridized carbons (Fsp3) is 0.235. The number of nitro benzene ring substituents is 1. The second-order valence-corrected chi connectivity index (χ2v) is 5.96. The Kier molecular flexibility index (Phi) is 6.34. The molecule has 0 heterocycles. The number of amides is 1. The fourth-order valence-electron chi connectivity index (χ4n) is 2.32. The molecule has 7 heteroatoms. The average molecular weight is 346 g/mol. The highest BCUT2D eigenvalue weighted by molar-refractivity contribution is 7.98. The lowest BCUT2D eigenvalue weighted by Crippen LogP contribution is -2.33. The number of nitro groups is 1. The molecule has 0 saturated heterocycles. The molecule has 0 atom stereocenters. The summed E-state index contributed by atoms with van der Waals surface area (Å²) in [6, 6.07) is 13.8. The summed E-state index contributed by atoms with van der Waals surface area (Å²) in [6.07, 6.45) is 1.84. The molecule has 0 fully saturated rings. The third kappa shape index (κ3) is 4.33. The van der Waals surface area contributed by atoms with E-state index in [1.807, 2.05) is 36.6 Å². The average Bonchev–Trinajstić information content (AvgIpc) is 2.61. The van der Waals surface area contributed by atoms with Gasteiger partial charge in [0, 0.05) is 24.1 Å². The van der Waals surface area contributed by atoms with Crippen LogP contribution in [0.25, 0.3) is 0 Å². The SMILES string of the molecule is CSc1ccc([N+](=O)[O-])c(C(=O)N(CCO)Cc2ccccc2)c1. The molecule has 0 aliphatic carbocycles. The predicted octanol–water partition coefficient (Wildman–Crippen LogP) is 2.95. The van der Waals surface area contributed by atoms with Crippen molar-refractivity contribution in [3.8, 4) is 0 Å². The summed E-state index contributed by atoms with van der Waals surface area (Å²) in [4.78, 5) is 25.7. The van der Waals surface area contributed by atoms with Gasteiger partial charge in [-0.05, 0) is 24.0 Å². The summed E-state index contributed by atoms with van der Waals surface area (Å²) in [5.74, 6) is -0.462. The van der Waals surface area contributed by atoms with E-state index in [0.717, 1.165) is 10.5 Å². The Labute approximate surface area is 144 Å². The Morgan fingerprint density at radius 2 is 1.96 bits per heavy atom. The monoisotopic (exact) mass is 346 g/mol. The molecule has 0 aromatic heterocycles. The van der Waals surface area contributed by atoms with Gasteiger partial charge in [0.2, 0.25) is 0 Å². The van der Waals surface area contributed by atoms with Gasteiger partial charge in [0.1, 0.15) is 5.56 Å². The van der Waals surface area contributed by atoms with E-state index >= 15 is 0 Å². The number of carbonyl (C=O) groups excluding carboxylic acids is 1. The number of rotatable bonds is 7. The van der Waals surface area contributed by atoms with Crippen molar-refractivity contribution in [2.75, 3.05) is 19.4 Å². The molecule has 1 amide bonds. The van der Waals surface area contributed by atoms with Crippen LogP contribution in [0.2, 0.25) is 0 Å². The van der Waals surface area contributed by atoms with Crippen LogP contribution in [0.3, 0.4) is 0 Å². The van der Waals surface area contributed by atoms with E-state index in [9.17, 15) is 20.0 Å². The van der Waals surface area contributed by atoms with Gasteiger partial charge in [-0.25, -0.2) is 0 Å². The normalized spacial score (nSPS) is 10.4. The van der Waals surface area contributed by atoms with Gasteiger partial charge < -0.3 is 10.0 Å². The minimum Gasteiger partial charge on any atom is -0.395 e. The maximum absolute atomic E-state index is 12.8. The fourth-order valence-corrected chi connectivity index (χ4v) is 2.76. The quantitative estimate of drug-likeness (QED) is 0.473. The molecule has 0 unspecified atom stereocenters. The Morgan fingerprint density at radius 1 is 1.25 bits per heavy atom. The van der Waals surface area contributed by atoms with Crippen molar-refractivity contribution in [1.82, 2.24) is 4.90 Å². The maximum atomic E-state index is 12.8. The lowest BCUT2D eigenvalue weighted by molar-refractivity contribution is -0.385. The highest BCUT2D eigenvalue weighted by Gasteiger charge is 2.25. The second kappa shape index (κ2) is 8.47. The zero-order valence-corrected chi connectivity index (χ0v) is 14.0. The first-order chi connectivity index (χ1) is 11.6. The zero-order chi connectivity index (χ0) is 17.5. The molecule has 2 rings (SSSR count). The van der Waals surface area contributed by atoms with Crippen LogP contribution in [-0.4, -0.2) is 40.2 Å². The molecule has 1 N–H and O–H groups in total. The highest BCUT2D eigenvalue weighted by atomic mass is 32.2. The van der Waals surface area contributed by atoms with Crippen LogP contribution in [-0.2, 0) is 6.54 Å². The predicted molar refractivity (Wildman–Crippen MR) is 93.1 cm³/mol. The molecule has 0 bridgehead atoms. The molecule has 24 heavy (non-hydrogen) atoms. The lowest BCUT2D eigenvalue weighted by atomic mass is 10.1. The van der Waals surface area contributed by atoms with Crippen molar-refractivity contribution in [3.63, 3.8) is 0 Å². The Hall–Kier alpha value is -2.38. The van der Waals surface area contributed by atoms with Crippen molar-refractivity contribution in [2.24, 2.45) is 0 Å². The summed E-state index contributed by atoms with van der Waals surface area (Å²) in [5.41, 5.74) is 0.702. The molecule has 0 radical (unpaired) electrons. The van der Waals surface area contributed by atoms with Crippen LogP contribution in [0.1, 0.15) is 15.9 Å².